The van der Waals surface area contributed by atoms with Gasteiger partial charge in [0.2, 0.25) is 0 Å². The molecule has 0 spiro atoms. The summed E-state index contributed by atoms with van der Waals surface area (Å²) in [7, 11) is 0. The van der Waals surface area contributed by atoms with Gasteiger partial charge in [-0.1, -0.05) is 26.8 Å². The van der Waals surface area contributed by atoms with Gasteiger partial charge in [-0.15, -0.1) is 11.3 Å². The van der Waals surface area contributed by atoms with Gasteiger partial charge in [-0.2, -0.15) is 0 Å². The molecule has 1 N–H and O–H groups in total. The van der Waals surface area contributed by atoms with Gasteiger partial charge >= 0.3 is 0 Å². The fourth-order valence-corrected chi connectivity index (χ4v) is 3.45. The molecule has 2 atom stereocenters. The van der Waals surface area contributed by atoms with Crippen molar-refractivity contribution in [2.45, 2.75) is 52.2 Å². The van der Waals surface area contributed by atoms with Gasteiger partial charge in [0.25, 0.3) is 0 Å². The molecular formula is C15H26N2S. The molecule has 18 heavy (non-hydrogen) atoms. The first-order chi connectivity index (χ1) is 8.70. The van der Waals surface area contributed by atoms with Gasteiger partial charge in [-0.3, -0.25) is 4.90 Å². The van der Waals surface area contributed by atoms with Crippen molar-refractivity contribution in [3.05, 3.63) is 22.4 Å². The monoisotopic (exact) mass is 266 g/mol. The molecule has 0 amide bonds. The van der Waals surface area contributed by atoms with Crippen LogP contribution in [0, 0.1) is 5.92 Å². The van der Waals surface area contributed by atoms with Crippen molar-refractivity contribution in [3.63, 3.8) is 0 Å². The Labute approximate surface area is 115 Å². The van der Waals surface area contributed by atoms with E-state index in [1.54, 1.807) is 0 Å². The lowest BCUT2D eigenvalue weighted by molar-refractivity contribution is 0.0595. The Balaban J connectivity index is 1.84. The van der Waals surface area contributed by atoms with E-state index in [-0.39, 0.29) is 0 Å². The van der Waals surface area contributed by atoms with Crippen molar-refractivity contribution in [1.29, 1.82) is 0 Å². The van der Waals surface area contributed by atoms with Crippen molar-refractivity contribution >= 4 is 11.3 Å². The summed E-state index contributed by atoms with van der Waals surface area (Å²) in [5.74, 6) is 0.854. The standard InChI is InChI=1S/C15H26N2S/c1-4-17(11-14-6-5-9-18-14)15-8-7-13(15)10-16-12(2)3/h5-6,9,12-13,15-16H,4,7-8,10-11H2,1-3H3. The molecule has 3 heteroatoms. The number of hydrogen-bond donors (Lipinski definition) is 1. The van der Waals surface area contributed by atoms with Crippen LogP contribution in [0.5, 0.6) is 0 Å². The van der Waals surface area contributed by atoms with Crippen LogP contribution in [-0.2, 0) is 6.54 Å². The fraction of sp³-hybridized carbons (Fsp3) is 0.733. The third-order valence-corrected chi connectivity index (χ3v) is 4.84. The second kappa shape index (κ2) is 6.69. The van der Waals surface area contributed by atoms with E-state index in [4.69, 9.17) is 0 Å². The van der Waals surface area contributed by atoms with Gasteiger partial charge in [0, 0.05) is 23.5 Å². The third kappa shape index (κ3) is 3.56. The van der Waals surface area contributed by atoms with Crippen LogP contribution in [0.15, 0.2) is 17.5 Å². The topological polar surface area (TPSA) is 15.3 Å². The minimum Gasteiger partial charge on any atom is -0.314 e. The van der Waals surface area contributed by atoms with E-state index < -0.39 is 0 Å². The molecule has 1 aromatic rings. The van der Waals surface area contributed by atoms with E-state index in [1.165, 1.54) is 30.8 Å². The molecule has 0 radical (unpaired) electrons. The highest BCUT2D eigenvalue weighted by Gasteiger charge is 2.34. The average molecular weight is 266 g/mol. The molecule has 2 rings (SSSR count). The maximum Gasteiger partial charge on any atom is 0.0330 e. The van der Waals surface area contributed by atoms with E-state index in [2.05, 4.69) is 48.5 Å². The third-order valence-electron chi connectivity index (χ3n) is 3.98. The summed E-state index contributed by atoms with van der Waals surface area (Å²) in [6.45, 7) is 10.2. The molecule has 1 aliphatic rings. The Kier molecular flexibility index (Phi) is 5.22. The lowest BCUT2D eigenvalue weighted by atomic mass is 9.78. The largest absolute Gasteiger partial charge is 0.314 e. The highest BCUT2D eigenvalue weighted by atomic mass is 32.1. The number of nitrogens with zero attached hydrogens (tertiary/aromatic N) is 1. The van der Waals surface area contributed by atoms with Crippen LogP contribution in [0.3, 0.4) is 0 Å². The zero-order chi connectivity index (χ0) is 13.0. The average Bonchev–Trinajstić information content (AvgIpc) is 2.79. The number of hydrogen-bond acceptors (Lipinski definition) is 3. The summed E-state index contributed by atoms with van der Waals surface area (Å²) in [6, 6.07) is 5.82. The van der Waals surface area contributed by atoms with Gasteiger partial charge in [-0.05, 0) is 43.3 Å². The molecule has 2 nitrogen and oxygen atoms in total. The zero-order valence-electron chi connectivity index (χ0n) is 11.9. The Morgan fingerprint density at radius 2 is 2.28 bits per heavy atom. The van der Waals surface area contributed by atoms with Crippen LogP contribution in [0.25, 0.3) is 0 Å². The van der Waals surface area contributed by atoms with Crippen LogP contribution >= 0.6 is 11.3 Å². The summed E-state index contributed by atoms with van der Waals surface area (Å²) in [5, 5.41) is 5.77. The molecule has 1 fully saturated rings. The van der Waals surface area contributed by atoms with Crippen LogP contribution < -0.4 is 5.32 Å². The first kappa shape index (κ1) is 14.0. The Morgan fingerprint density at radius 1 is 1.44 bits per heavy atom. The second-order valence-corrected chi connectivity index (χ2v) is 6.64. The van der Waals surface area contributed by atoms with Crippen molar-refractivity contribution in [2.24, 2.45) is 5.92 Å². The summed E-state index contributed by atoms with van der Waals surface area (Å²) >= 11 is 1.88. The Hall–Kier alpha value is -0.380. The first-order valence-corrected chi connectivity index (χ1v) is 8.08. The van der Waals surface area contributed by atoms with Crippen molar-refractivity contribution in [1.82, 2.24) is 10.2 Å². The van der Waals surface area contributed by atoms with Crippen LogP contribution in [0.2, 0.25) is 0 Å². The summed E-state index contributed by atoms with van der Waals surface area (Å²) in [5.41, 5.74) is 0. The molecule has 2 unspecified atom stereocenters. The van der Waals surface area contributed by atoms with Gasteiger partial charge in [0.1, 0.15) is 0 Å². The van der Waals surface area contributed by atoms with Crippen LogP contribution in [0.1, 0.15) is 38.5 Å². The number of nitrogens with one attached hydrogen (secondary N) is 1. The van der Waals surface area contributed by atoms with E-state index in [0.717, 1.165) is 18.5 Å². The van der Waals surface area contributed by atoms with Gasteiger partial charge < -0.3 is 5.32 Å². The second-order valence-electron chi connectivity index (χ2n) is 5.61. The molecule has 1 heterocycles. The molecular weight excluding hydrogens is 240 g/mol. The van der Waals surface area contributed by atoms with E-state index >= 15 is 0 Å². The molecule has 1 aromatic heterocycles. The number of rotatable bonds is 7. The normalized spacial score (nSPS) is 23.6. The molecule has 0 aliphatic heterocycles. The van der Waals surface area contributed by atoms with Gasteiger partial charge in [0.15, 0.2) is 0 Å². The molecule has 1 saturated carbocycles. The van der Waals surface area contributed by atoms with Crippen LogP contribution in [-0.4, -0.2) is 30.1 Å². The smallest absolute Gasteiger partial charge is 0.0330 e. The lowest BCUT2D eigenvalue weighted by Gasteiger charge is -2.44. The van der Waals surface area contributed by atoms with Crippen LogP contribution in [0.4, 0.5) is 0 Å². The van der Waals surface area contributed by atoms with E-state index in [9.17, 15) is 0 Å². The molecule has 0 aromatic carbocycles. The summed E-state index contributed by atoms with van der Waals surface area (Å²) in [6.07, 6.45) is 2.77. The zero-order valence-corrected chi connectivity index (χ0v) is 12.7. The lowest BCUT2D eigenvalue weighted by Crippen LogP contribution is -2.50. The molecule has 102 valence electrons. The SMILES string of the molecule is CCN(Cc1cccs1)C1CCC1CNC(C)C. The molecule has 0 saturated heterocycles. The fourth-order valence-electron chi connectivity index (χ4n) is 2.72. The van der Waals surface area contributed by atoms with Gasteiger partial charge in [-0.25, -0.2) is 0 Å². The summed E-state index contributed by atoms with van der Waals surface area (Å²) in [4.78, 5) is 4.15. The quantitative estimate of drug-likeness (QED) is 0.814. The number of thiophene rings is 1. The molecule has 0 bridgehead atoms. The predicted molar refractivity (Wildman–Crippen MR) is 80.1 cm³/mol. The van der Waals surface area contributed by atoms with E-state index in [0.29, 0.717) is 6.04 Å². The maximum atomic E-state index is 3.59. The highest BCUT2D eigenvalue weighted by molar-refractivity contribution is 7.09. The minimum atomic E-state index is 0.610. The first-order valence-electron chi connectivity index (χ1n) is 7.20. The van der Waals surface area contributed by atoms with E-state index in [1.807, 2.05) is 11.3 Å². The van der Waals surface area contributed by atoms with Gasteiger partial charge in [0.05, 0.1) is 0 Å². The predicted octanol–water partition coefficient (Wildman–Crippen LogP) is 3.35. The van der Waals surface area contributed by atoms with Crippen molar-refractivity contribution in [2.75, 3.05) is 13.1 Å². The maximum absolute atomic E-state index is 3.59. The van der Waals surface area contributed by atoms with Crippen molar-refractivity contribution in [3.8, 4) is 0 Å². The van der Waals surface area contributed by atoms with Crippen molar-refractivity contribution < 1.29 is 0 Å². The highest BCUT2D eigenvalue weighted by Crippen LogP contribution is 2.33. The Bertz CT molecular complexity index is 334. The summed E-state index contributed by atoms with van der Waals surface area (Å²) < 4.78 is 0. The molecule has 1 aliphatic carbocycles. The Morgan fingerprint density at radius 3 is 2.78 bits per heavy atom. The minimum absolute atomic E-state index is 0.610.